The van der Waals surface area contributed by atoms with E-state index in [-0.39, 0.29) is 11.6 Å². The van der Waals surface area contributed by atoms with Crippen LogP contribution in [0.1, 0.15) is 5.56 Å². The van der Waals surface area contributed by atoms with Gasteiger partial charge in [0.1, 0.15) is 0 Å². The van der Waals surface area contributed by atoms with E-state index < -0.39 is 4.92 Å². The maximum Gasteiger partial charge on any atom is 0.270 e. The lowest BCUT2D eigenvalue weighted by Crippen LogP contribution is -2.07. The molecule has 4 rings (SSSR count). The minimum Gasteiger partial charge on any atom is -0.434 e. The molecule has 29 heavy (non-hydrogen) atoms. The van der Waals surface area contributed by atoms with Crippen molar-refractivity contribution in [2.45, 2.75) is 0 Å². The number of pyridine rings is 1. The van der Waals surface area contributed by atoms with Crippen molar-refractivity contribution >= 4 is 34.6 Å². The van der Waals surface area contributed by atoms with Gasteiger partial charge in [0.05, 0.1) is 4.92 Å². The van der Waals surface area contributed by atoms with Crippen LogP contribution in [-0.4, -0.2) is 20.8 Å². The van der Waals surface area contributed by atoms with E-state index in [9.17, 15) is 14.9 Å². The average molecular weight is 386 g/mol. The number of amides is 1. The SMILES string of the molecule is O=C(/C=C/c1cccc([N+](=O)[O-])c1)Nc1cccc(-c2nc3ncccc3o2)c1. The predicted molar refractivity (Wildman–Crippen MR) is 108 cm³/mol. The van der Waals surface area contributed by atoms with Gasteiger partial charge in [-0.1, -0.05) is 18.2 Å². The summed E-state index contributed by atoms with van der Waals surface area (Å²) >= 11 is 0. The van der Waals surface area contributed by atoms with Gasteiger partial charge in [0, 0.05) is 35.7 Å². The van der Waals surface area contributed by atoms with Crippen molar-refractivity contribution in [2.75, 3.05) is 5.32 Å². The fourth-order valence-electron chi connectivity index (χ4n) is 2.72. The molecule has 8 nitrogen and oxygen atoms in total. The molecule has 0 aliphatic rings. The average Bonchev–Trinajstić information content (AvgIpc) is 3.17. The van der Waals surface area contributed by atoms with Crippen LogP contribution in [0.25, 0.3) is 28.8 Å². The van der Waals surface area contributed by atoms with Gasteiger partial charge < -0.3 is 9.73 Å². The lowest BCUT2D eigenvalue weighted by molar-refractivity contribution is -0.384. The molecule has 1 amide bonds. The molecule has 2 aromatic carbocycles. The van der Waals surface area contributed by atoms with Crippen molar-refractivity contribution in [2.24, 2.45) is 0 Å². The minimum absolute atomic E-state index is 0.0342. The van der Waals surface area contributed by atoms with Crippen LogP contribution >= 0.6 is 0 Å². The third kappa shape index (κ3) is 4.16. The zero-order chi connectivity index (χ0) is 20.2. The van der Waals surface area contributed by atoms with E-state index in [1.807, 2.05) is 6.07 Å². The Morgan fingerprint density at radius 1 is 1.10 bits per heavy atom. The number of benzene rings is 2. The standard InChI is InChI=1S/C21H14N4O4/c26-19(10-9-14-4-1-7-17(12-14)25(27)28)23-16-6-2-5-15(13-16)21-24-20-18(29-21)8-3-11-22-20/h1-13H,(H,23,26)/b10-9+. The highest BCUT2D eigenvalue weighted by Gasteiger charge is 2.10. The molecule has 0 saturated carbocycles. The summed E-state index contributed by atoms with van der Waals surface area (Å²) in [7, 11) is 0. The Labute approximate surface area is 164 Å². The first-order chi connectivity index (χ1) is 14.1. The monoisotopic (exact) mass is 386 g/mol. The Kier molecular flexibility index (Phi) is 4.81. The zero-order valence-electron chi connectivity index (χ0n) is 15.0. The Bertz CT molecular complexity index is 1210. The van der Waals surface area contributed by atoms with Gasteiger partial charge in [-0.2, -0.15) is 4.98 Å². The molecule has 0 bridgehead atoms. The van der Waals surface area contributed by atoms with Crippen LogP contribution < -0.4 is 5.32 Å². The van der Waals surface area contributed by atoms with Crippen molar-refractivity contribution in [3.63, 3.8) is 0 Å². The van der Waals surface area contributed by atoms with Gasteiger partial charge >= 0.3 is 0 Å². The van der Waals surface area contributed by atoms with Crippen LogP contribution in [-0.2, 0) is 4.79 Å². The quantitative estimate of drug-likeness (QED) is 0.308. The highest BCUT2D eigenvalue weighted by atomic mass is 16.6. The first-order valence-corrected chi connectivity index (χ1v) is 8.64. The fourth-order valence-corrected chi connectivity index (χ4v) is 2.72. The van der Waals surface area contributed by atoms with Crippen LogP contribution in [0, 0.1) is 10.1 Å². The molecule has 1 N–H and O–H groups in total. The largest absolute Gasteiger partial charge is 0.434 e. The third-order valence-corrected chi connectivity index (χ3v) is 4.05. The van der Waals surface area contributed by atoms with Crippen molar-refractivity contribution in [3.05, 3.63) is 88.6 Å². The van der Waals surface area contributed by atoms with Gasteiger partial charge in [0.2, 0.25) is 11.8 Å². The summed E-state index contributed by atoms with van der Waals surface area (Å²) in [4.78, 5) is 31.0. The van der Waals surface area contributed by atoms with Crippen LogP contribution in [0.3, 0.4) is 0 Å². The number of aromatic nitrogens is 2. The van der Waals surface area contributed by atoms with E-state index in [1.165, 1.54) is 24.3 Å². The number of hydrogen-bond acceptors (Lipinski definition) is 6. The van der Waals surface area contributed by atoms with E-state index in [0.717, 1.165) is 0 Å². The normalized spacial score (nSPS) is 11.0. The van der Waals surface area contributed by atoms with Crippen LogP contribution in [0.2, 0.25) is 0 Å². The molecular weight excluding hydrogens is 372 g/mol. The highest BCUT2D eigenvalue weighted by molar-refractivity contribution is 6.02. The van der Waals surface area contributed by atoms with Crippen molar-refractivity contribution in [3.8, 4) is 11.5 Å². The number of nitro benzene ring substituents is 1. The van der Waals surface area contributed by atoms with E-state index >= 15 is 0 Å². The maximum absolute atomic E-state index is 12.2. The molecule has 142 valence electrons. The van der Waals surface area contributed by atoms with E-state index in [4.69, 9.17) is 4.42 Å². The summed E-state index contributed by atoms with van der Waals surface area (Å²) < 4.78 is 5.69. The minimum atomic E-state index is -0.482. The van der Waals surface area contributed by atoms with E-state index in [0.29, 0.717) is 33.9 Å². The summed E-state index contributed by atoms with van der Waals surface area (Å²) in [6.07, 6.45) is 4.46. The van der Waals surface area contributed by atoms with Gasteiger partial charge in [-0.3, -0.25) is 14.9 Å². The van der Waals surface area contributed by atoms with Crippen LogP contribution in [0.15, 0.2) is 77.4 Å². The molecule has 0 unspecified atom stereocenters. The number of nitrogens with one attached hydrogen (secondary N) is 1. The van der Waals surface area contributed by atoms with Crippen molar-refractivity contribution < 1.29 is 14.1 Å². The van der Waals surface area contributed by atoms with Gasteiger partial charge in [0.25, 0.3) is 5.69 Å². The molecular formula is C21H14N4O4. The number of oxazole rings is 1. The second-order valence-corrected chi connectivity index (χ2v) is 6.10. The number of non-ortho nitro benzene ring substituents is 1. The van der Waals surface area contributed by atoms with Gasteiger partial charge in [0.15, 0.2) is 11.2 Å². The zero-order valence-corrected chi connectivity index (χ0v) is 15.0. The number of anilines is 1. The molecule has 0 spiro atoms. The molecule has 0 saturated heterocycles. The summed E-state index contributed by atoms with van der Waals surface area (Å²) in [5.41, 5.74) is 2.87. The molecule has 0 aliphatic carbocycles. The number of nitro groups is 1. The van der Waals surface area contributed by atoms with Crippen LogP contribution in [0.4, 0.5) is 11.4 Å². The fraction of sp³-hybridized carbons (Fsp3) is 0. The molecule has 2 heterocycles. The smallest absolute Gasteiger partial charge is 0.270 e. The van der Waals surface area contributed by atoms with Gasteiger partial charge in [-0.05, 0) is 42.0 Å². The first-order valence-electron chi connectivity index (χ1n) is 8.64. The second kappa shape index (κ2) is 7.73. The highest BCUT2D eigenvalue weighted by Crippen LogP contribution is 2.25. The predicted octanol–water partition coefficient (Wildman–Crippen LogP) is 4.45. The second-order valence-electron chi connectivity index (χ2n) is 6.10. The Balaban J connectivity index is 1.49. The van der Waals surface area contributed by atoms with Crippen molar-refractivity contribution in [1.82, 2.24) is 9.97 Å². The molecule has 0 fully saturated rings. The summed E-state index contributed by atoms with van der Waals surface area (Å²) in [5.74, 6) is 0.0369. The summed E-state index contributed by atoms with van der Waals surface area (Å²) in [6, 6.07) is 16.7. The third-order valence-electron chi connectivity index (χ3n) is 4.05. The summed E-state index contributed by atoms with van der Waals surface area (Å²) in [6.45, 7) is 0. The molecule has 0 radical (unpaired) electrons. The molecule has 8 heteroatoms. The number of rotatable bonds is 5. The Hall–Kier alpha value is -4.33. The molecule has 0 aliphatic heterocycles. The Morgan fingerprint density at radius 2 is 1.97 bits per heavy atom. The first kappa shape index (κ1) is 18.1. The molecule has 2 aromatic heterocycles. The van der Waals surface area contributed by atoms with Crippen molar-refractivity contribution in [1.29, 1.82) is 0 Å². The van der Waals surface area contributed by atoms with Gasteiger partial charge in [-0.25, -0.2) is 4.98 Å². The lowest BCUT2D eigenvalue weighted by atomic mass is 10.2. The summed E-state index contributed by atoms with van der Waals surface area (Å²) in [5, 5.41) is 13.6. The van der Waals surface area contributed by atoms with Crippen LogP contribution in [0.5, 0.6) is 0 Å². The van der Waals surface area contributed by atoms with E-state index in [2.05, 4.69) is 15.3 Å². The van der Waals surface area contributed by atoms with Gasteiger partial charge in [-0.15, -0.1) is 0 Å². The van der Waals surface area contributed by atoms with E-state index in [1.54, 1.807) is 48.7 Å². The molecule has 4 aromatic rings. The number of fused-ring (bicyclic) bond motifs is 1. The Morgan fingerprint density at radius 3 is 2.79 bits per heavy atom. The number of carbonyl (C=O) groups excluding carboxylic acids is 1. The topological polar surface area (TPSA) is 111 Å². The molecule has 0 atom stereocenters. The maximum atomic E-state index is 12.2. The lowest BCUT2D eigenvalue weighted by Gasteiger charge is -2.03. The number of nitrogens with zero attached hydrogens (tertiary/aromatic N) is 3. The number of carbonyl (C=O) groups is 1. The number of hydrogen-bond donors (Lipinski definition) is 1.